The molecule has 4 rings (SSSR count). The van der Waals surface area contributed by atoms with Crippen LogP contribution in [-0.4, -0.2) is 26.6 Å². The molecule has 4 heteroatoms. The van der Waals surface area contributed by atoms with Crippen molar-refractivity contribution < 1.29 is 0 Å². The van der Waals surface area contributed by atoms with Crippen LogP contribution in [0.2, 0.25) is 0 Å². The molecule has 3 aromatic rings. The predicted molar refractivity (Wildman–Crippen MR) is 100 cm³/mol. The first-order valence-electron chi connectivity index (χ1n) is 8.88. The van der Waals surface area contributed by atoms with Gasteiger partial charge in [-0.05, 0) is 49.9 Å². The first kappa shape index (κ1) is 16.0. The van der Waals surface area contributed by atoms with Gasteiger partial charge in [-0.1, -0.05) is 24.3 Å². The van der Waals surface area contributed by atoms with Crippen LogP contribution in [0.25, 0.3) is 11.1 Å². The Kier molecular flexibility index (Phi) is 4.14. The highest BCUT2D eigenvalue weighted by Gasteiger charge is 2.18. The molecule has 1 N–H and O–H groups in total. The maximum absolute atomic E-state index is 4.61. The molecule has 128 valence electrons. The lowest BCUT2D eigenvalue weighted by Crippen LogP contribution is -2.30. The summed E-state index contributed by atoms with van der Waals surface area (Å²) in [5.74, 6) is 0. The first-order chi connectivity index (χ1) is 12.1. The Morgan fingerprint density at radius 1 is 1.08 bits per heavy atom. The van der Waals surface area contributed by atoms with Gasteiger partial charge < -0.3 is 0 Å². The van der Waals surface area contributed by atoms with E-state index in [1.165, 1.54) is 33.5 Å². The third-order valence-corrected chi connectivity index (χ3v) is 5.16. The molecule has 1 aliphatic rings. The van der Waals surface area contributed by atoms with E-state index in [2.05, 4.69) is 64.3 Å². The van der Waals surface area contributed by atoms with Crippen LogP contribution in [-0.2, 0) is 19.5 Å². The molecule has 0 atom stereocenters. The zero-order chi connectivity index (χ0) is 17.4. The van der Waals surface area contributed by atoms with Crippen LogP contribution in [0.5, 0.6) is 0 Å². The average molecular weight is 332 g/mol. The maximum atomic E-state index is 4.61. The lowest BCUT2D eigenvalue weighted by molar-refractivity contribution is 0.245. The molecule has 1 aromatic carbocycles. The zero-order valence-corrected chi connectivity index (χ0v) is 15.1. The van der Waals surface area contributed by atoms with Crippen LogP contribution < -0.4 is 0 Å². The van der Waals surface area contributed by atoms with Crippen molar-refractivity contribution >= 4 is 0 Å². The van der Waals surface area contributed by atoms with Gasteiger partial charge in [0.2, 0.25) is 0 Å². The van der Waals surface area contributed by atoms with E-state index in [-0.39, 0.29) is 0 Å². The fraction of sp³-hybridized carbons (Fsp3) is 0.333. The molecular formula is C21H24N4. The molecule has 0 aliphatic carbocycles. The van der Waals surface area contributed by atoms with Crippen molar-refractivity contribution in [2.24, 2.45) is 0 Å². The van der Waals surface area contributed by atoms with Crippen molar-refractivity contribution in [2.75, 3.05) is 6.54 Å². The summed E-state index contributed by atoms with van der Waals surface area (Å²) in [5, 5.41) is 7.16. The molecule has 0 fully saturated rings. The molecule has 25 heavy (non-hydrogen) atoms. The molecule has 0 spiro atoms. The first-order valence-corrected chi connectivity index (χ1v) is 8.88. The van der Waals surface area contributed by atoms with Crippen molar-refractivity contribution in [2.45, 2.75) is 40.3 Å². The van der Waals surface area contributed by atoms with Gasteiger partial charge in [0, 0.05) is 47.8 Å². The van der Waals surface area contributed by atoms with Gasteiger partial charge in [0.25, 0.3) is 0 Å². The zero-order valence-electron chi connectivity index (χ0n) is 15.1. The monoisotopic (exact) mass is 332 g/mol. The van der Waals surface area contributed by atoms with Crippen LogP contribution in [0.15, 0.2) is 36.5 Å². The van der Waals surface area contributed by atoms with Crippen LogP contribution >= 0.6 is 0 Å². The smallest absolute Gasteiger partial charge is 0.0535 e. The van der Waals surface area contributed by atoms with Gasteiger partial charge in [-0.15, -0.1) is 0 Å². The quantitative estimate of drug-likeness (QED) is 0.790. The van der Waals surface area contributed by atoms with Gasteiger partial charge in [0.1, 0.15) is 0 Å². The van der Waals surface area contributed by atoms with Crippen molar-refractivity contribution in [1.82, 2.24) is 20.1 Å². The number of fused-ring (bicyclic) bond motifs is 1. The number of benzene rings is 1. The Balaban J connectivity index is 1.56. The van der Waals surface area contributed by atoms with E-state index in [4.69, 9.17) is 0 Å². The molecule has 0 bridgehead atoms. The van der Waals surface area contributed by atoms with E-state index in [1.807, 2.05) is 13.1 Å². The van der Waals surface area contributed by atoms with Gasteiger partial charge >= 0.3 is 0 Å². The maximum Gasteiger partial charge on any atom is 0.0535 e. The molecule has 4 nitrogen and oxygen atoms in total. The topological polar surface area (TPSA) is 44.8 Å². The highest BCUT2D eigenvalue weighted by Crippen LogP contribution is 2.28. The Labute approximate surface area is 148 Å². The van der Waals surface area contributed by atoms with Gasteiger partial charge in [0.15, 0.2) is 0 Å². The SMILES string of the molecule is Cc1ccc(-c2ccc3c(c2)CCN(Cc2cn[nH]c2C)C3)c(C)n1. The highest BCUT2D eigenvalue weighted by molar-refractivity contribution is 5.67. The fourth-order valence-corrected chi connectivity index (χ4v) is 3.68. The van der Waals surface area contributed by atoms with Crippen LogP contribution in [0, 0.1) is 20.8 Å². The number of hydrogen-bond acceptors (Lipinski definition) is 3. The second kappa shape index (κ2) is 6.45. The number of rotatable bonds is 3. The average Bonchev–Trinajstić information content (AvgIpc) is 2.99. The summed E-state index contributed by atoms with van der Waals surface area (Å²) >= 11 is 0. The van der Waals surface area contributed by atoms with Crippen molar-refractivity contribution in [1.29, 1.82) is 0 Å². The molecule has 2 aromatic heterocycles. The molecule has 0 saturated heterocycles. The molecule has 0 unspecified atom stereocenters. The van der Waals surface area contributed by atoms with Crippen LogP contribution in [0.1, 0.15) is 33.8 Å². The van der Waals surface area contributed by atoms with E-state index in [9.17, 15) is 0 Å². The number of H-pyrrole nitrogens is 1. The summed E-state index contributed by atoms with van der Waals surface area (Å²) in [6.07, 6.45) is 3.04. The molecule has 3 heterocycles. The number of nitrogens with one attached hydrogen (secondary N) is 1. The van der Waals surface area contributed by atoms with Crippen LogP contribution in [0.4, 0.5) is 0 Å². The Hall–Kier alpha value is -2.46. The summed E-state index contributed by atoms with van der Waals surface area (Å²) in [6.45, 7) is 9.28. The third-order valence-electron chi connectivity index (χ3n) is 5.16. The van der Waals surface area contributed by atoms with Crippen molar-refractivity contribution in [3.8, 4) is 11.1 Å². The lowest BCUT2D eigenvalue weighted by Gasteiger charge is -2.29. The van der Waals surface area contributed by atoms with Gasteiger partial charge in [0.05, 0.1) is 6.20 Å². The second-order valence-corrected chi connectivity index (χ2v) is 7.05. The summed E-state index contributed by atoms with van der Waals surface area (Å²) in [7, 11) is 0. The number of aromatic nitrogens is 3. The van der Waals surface area contributed by atoms with Crippen molar-refractivity contribution in [3.05, 3.63) is 70.3 Å². The fourth-order valence-electron chi connectivity index (χ4n) is 3.68. The number of nitrogens with zero attached hydrogens (tertiary/aromatic N) is 3. The molecule has 0 saturated carbocycles. The Morgan fingerprint density at radius 3 is 2.72 bits per heavy atom. The van der Waals surface area contributed by atoms with E-state index in [0.29, 0.717) is 0 Å². The van der Waals surface area contributed by atoms with E-state index < -0.39 is 0 Å². The number of pyridine rings is 1. The molecular weight excluding hydrogens is 308 g/mol. The standard InChI is InChI=1S/C21H24N4/c1-14-4-7-21(16(3)23-14)18-5-6-19-12-25(9-8-17(19)10-18)13-20-11-22-24-15(20)2/h4-7,10-11H,8-9,12-13H2,1-3H3,(H,22,24). The van der Waals surface area contributed by atoms with Gasteiger partial charge in [-0.2, -0.15) is 5.10 Å². The third kappa shape index (κ3) is 3.22. The molecule has 0 radical (unpaired) electrons. The van der Waals surface area contributed by atoms with Gasteiger partial charge in [-0.3, -0.25) is 15.0 Å². The lowest BCUT2D eigenvalue weighted by atomic mass is 9.94. The minimum atomic E-state index is 0.963. The second-order valence-electron chi connectivity index (χ2n) is 7.05. The number of aryl methyl sites for hydroxylation is 3. The normalized spacial score (nSPS) is 14.5. The summed E-state index contributed by atoms with van der Waals surface area (Å²) < 4.78 is 0. The van der Waals surface area contributed by atoms with Gasteiger partial charge in [-0.25, -0.2) is 0 Å². The Bertz CT molecular complexity index is 910. The molecule has 0 amide bonds. The summed E-state index contributed by atoms with van der Waals surface area (Å²) in [5.41, 5.74) is 10.1. The van der Waals surface area contributed by atoms with Crippen LogP contribution in [0.3, 0.4) is 0 Å². The minimum absolute atomic E-state index is 0.963. The predicted octanol–water partition coefficient (Wildman–Crippen LogP) is 3.96. The summed E-state index contributed by atoms with van der Waals surface area (Å²) in [4.78, 5) is 7.11. The van der Waals surface area contributed by atoms with Crippen molar-refractivity contribution in [3.63, 3.8) is 0 Å². The number of hydrogen-bond donors (Lipinski definition) is 1. The number of aromatic amines is 1. The minimum Gasteiger partial charge on any atom is -0.294 e. The van der Waals surface area contributed by atoms with E-state index in [0.717, 1.165) is 37.4 Å². The van der Waals surface area contributed by atoms with E-state index >= 15 is 0 Å². The largest absolute Gasteiger partial charge is 0.294 e. The van der Waals surface area contributed by atoms with E-state index in [1.54, 1.807) is 0 Å². The Morgan fingerprint density at radius 2 is 1.96 bits per heavy atom. The summed E-state index contributed by atoms with van der Waals surface area (Å²) in [6, 6.07) is 11.2. The molecule has 1 aliphatic heterocycles. The highest BCUT2D eigenvalue weighted by atomic mass is 15.1.